The lowest BCUT2D eigenvalue weighted by Crippen LogP contribution is -2.38. The van der Waals surface area contributed by atoms with Crippen LogP contribution in [0.5, 0.6) is 0 Å². The third kappa shape index (κ3) is 3.79. The smallest absolute Gasteiger partial charge is 0.310 e. The first-order valence-corrected chi connectivity index (χ1v) is 6.52. The molecule has 0 bridgehead atoms. The van der Waals surface area contributed by atoms with Gasteiger partial charge in [0.05, 0.1) is 16.4 Å². The van der Waals surface area contributed by atoms with E-state index in [0.717, 1.165) is 0 Å². The Hall–Kier alpha value is -0.620. The molecule has 0 heterocycles. The van der Waals surface area contributed by atoms with Crippen molar-refractivity contribution in [2.24, 2.45) is 11.1 Å². The lowest BCUT2D eigenvalue weighted by molar-refractivity contribution is -0.147. The molecule has 0 aliphatic rings. The van der Waals surface area contributed by atoms with Gasteiger partial charge < -0.3 is 10.8 Å². The van der Waals surface area contributed by atoms with Gasteiger partial charge in [-0.3, -0.25) is 4.79 Å². The molecule has 0 fully saturated rings. The number of nitrogens with two attached hydrogens (primary N) is 1. The predicted octanol–water partition coefficient (Wildman–Crippen LogP) is 0.249. The largest absolute Gasteiger partial charge is 0.481 e. The first kappa shape index (κ1) is 14.4. The highest BCUT2D eigenvalue weighted by Gasteiger charge is 2.33. The second-order valence-electron chi connectivity index (χ2n) is 4.24. The summed E-state index contributed by atoms with van der Waals surface area (Å²) in [7, 11) is -3.19. The second-order valence-corrected chi connectivity index (χ2v) is 6.91. The van der Waals surface area contributed by atoms with Crippen LogP contribution in [0.1, 0.15) is 27.2 Å². The highest BCUT2D eigenvalue weighted by atomic mass is 32.2. The van der Waals surface area contributed by atoms with Crippen molar-refractivity contribution >= 4 is 15.8 Å². The van der Waals surface area contributed by atoms with Gasteiger partial charge in [-0.05, 0) is 27.2 Å². The van der Waals surface area contributed by atoms with Gasteiger partial charge >= 0.3 is 5.97 Å². The maximum atomic E-state index is 11.5. The lowest BCUT2D eigenvalue weighted by Gasteiger charge is -2.22. The van der Waals surface area contributed by atoms with Gasteiger partial charge in [-0.25, -0.2) is 8.42 Å². The Bertz CT molecular complexity index is 323. The van der Waals surface area contributed by atoms with Gasteiger partial charge in [0.25, 0.3) is 0 Å². The summed E-state index contributed by atoms with van der Waals surface area (Å²) in [5.41, 5.74) is 4.19. The normalized spacial score (nSPS) is 16.3. The van der Waals surface area contributed by atoms with E-state index in [4.69, 9.17) is 10.8 Å². The van der Waals surface area contributed by atoms with E-state index in [1.807, 2.05) is 0 Å². The zero-order chi connectivity index (χ0) is 12.3. The molecule has 0 radical (unpaired) electrons. The van der Waals surface area contributed by atoms with Crippen molar-refractivity contribution in [2.75, 3.05) is 12.3 Å². The Balaban J connectivity index is 4.57. The van der Waals surface area contributed by atoms with Crippen LogP contribution < -0.4 is 5.73 Å². The Morgan fingerprint density at radius 3 is 2.20 bits per heavy atom. The molecule has 1 unspecified atom stereocenters. The standard InChI is InChI=1S/C9H19NO4S/c1-7(2)15(13,14)5-4-9(3,6-10)8(11)12/h7H,4-6,10H2,1-3H3,(H,11,12). The third-order valence-corrected chi connectivity index (χ3v) is 4.83. The van der Waals surface area contributed by atoms with Gasteiger partial charge in [0, 0.05) is 6.54 Å². The van der Waals surface area contributed by atoms with Gasteiger partial charge in [-0.2, -0.15) is 0 Å². The maximum Gasteiger partial charge on any atom is 0.310 e. The van der Waals surface area contributed by atoms with Crippen LogP contribution in [0.4, 0.5) is 0 Å². The van der Waals surface area contributed by atoms with E-state index >= 15 is 0 Å². The van der Waals surface area contributed by atoms with Crippen LogP contribution in [-0.2, 0) is 14.6 Å². The van der Waals surface area contributed by atoms with E-state index in [-0.39, 0.29) is 18.7 Å². The van der Waals surface area contributed by atoms with Gasteiger partial charge in [0.1, 0.15) is 0 Å². The average Bonchev–Trinajstić information content (AvgIpc) is 2.13. The first-order chi connectivity index (χ1) is 6.65. The molecule has 3 N–H and O–H groups in total. The minimum absolute atomic E-state index is 0.0549. The van der Waals surface area contributed by atoms with E-state index in [1.54, 1.807) is 13.8 Å². The van der Waals surface area contributed by atoms with Gasteiger partial charge in [-0.1, -0.05) is 0 Å². The summed E-state index contributed by atoms with van der Waals surface area (Å²) in [5, 5.41) is 8.41. The zero-order valence-electron chi connectivity index (χ0n) is 9.36. The number of rotatable bonds is 6. The monoisotopic (exact) mass is 237 g/mol. The van der Waals surface area contributed by atoms with Crippen LogP contribution >= 0.6 is 0 Å². The highest BCUT2D eigenvalue weighted by Crippen LogP contribution is 2.21. The van der Waals surface area contributed by atoms with Crippen molar-refractivity contribution in [1.82, 2.24) is 0 Å². The molecule has 0 amide bonds. The topological polar surface area (TPSA) is 97.5 Å². The summed E-state index contributed by atoms with van der Waals surface area (Å²) in [6.07, 6.45) is 0.0549. The molecule has 1 atom stereocenters. The van der Waals surface area contributed by atoms with Crippen LogP contribution in [-0.4, -0.2) is 37.0 Å². The average molecular weight is 237 g/mol. The molecule has 0 aliphatic heterocycles. The van der Waals surface area contributed by atoms with E-state index < -0.39 is 26.5 Å². The summed E-state index contributed by atoms with van der Waals surface area (Å²) in [6, 6.07) is 0. The van der Waals surface area contributed by atoms with Gasteiger partial charge in [0.15, 0.2) is 9.84 Å². The lowest BCUT2D eigenvalue weighted by atomic mass is 9.88. The molecular weight excluding hydrogens is 218 g/mol. The van der Waals surface area contributed by atoms with Crippen molar-refractivity contribution in [3.05, 3.63) is 0 Å². The van der Waals surface area contributed by atoms with E-state index in [9.17, 15) is 13.2 Å². The van der Waals surface area contributed by atoms with Crippen LogP contribution in [0.15, 0.2) is 0 Å². The van der Waals surface area contributed by atoms with Crippen molar-refractivity contribution in [3.8, 4) is 0 Å². The second kappa shape index (κ2) is 4.94. The summed E-state index contributed by atoms with van der Waals surface area (Å²) in [5.74, 6) is -1.19. The fraction of sp³-hybridized carbons (Fsp3) is 0.889. The number of carboxylic acid groups (broad SMARTS) is 1. The van der Waals surface area contributed by atoms with Crippen molar-refractivity contribution in [2.45, 2.75) is 32.4 Å². The van der Waals surface area contributed by atoms with E-state index in [1.165, 1.54) is 6.92 Å². The Morgan fingerprint density at radius 2 is 1.93 bits per heavy atom. The number of carbonyl (C=O) groups is 1. The van der Waals surface area contributed by atoms with Crippen LogP contribution in [0, 0.1) is 5.41 Å². The summed E-state index contributed by atoms with van der Waals surface area (Å²) in [6.45, 7) is 4.56. The molecule has 0 aliphatic carbocycles. The van der Waals surface area contributed by atoms with Crippen molar-refractivity contribution in [3.63, 3.8) is 0 Å². The summed E-state index contributed by atoms with van der Waals surface area (Å²) in [4.78, 5) is 10.9. The molecule has 0 rings (SSSR count). The Labute approximate surface area is 90.6 Å². The van der Waals surface area contributed by atoms with E-state index in [2.05, 4.69) is 0 Å². The molecule has 0 spiro atoms. The molecule has 0 aromatic rings. The van der Waals surface area contributed by atoms with Crippen LogP contribution in [0.2, 0.25) is 0 Å². The molecule has 0 aromatic heterocycles. The first-order valence-electron chi connectivity index (χ1n) is 4.81. The number of sulfone groups is 1. The molecule has 90 valence electrons. The minimum Gasteiger partial charge on any atom is -0.481 e. The molecule has 15 heavy (non-hydrogen) atoms. The van der Waals surface area contributed by atoms with Crippen LogP contribution in [0.25, 0.3) is 0 Å². The Morgan fingerprint density at radius 1 is 1.47 bits per heavy atom. The van der Waals surface area contributed by atoms with Crippen molar-refractivity contribution < 1.29 is 18.3 Å². The SMILES string of the molecule is CC(C)S(=O)(=O)CCC(C)(CN)C(=O)O. The molecular formula is C9H19NO4S. The third-order valence-electron chi connectivity index (χ3n) is 2.62. The van der Waals surface area contributed by atoms with Crippen LogP contribution in [0.3, 0.4) is 0 Å². The van der Waals surface area contributed by atoms with Crippen molar-refractivity contribution in [1.29, 1.82) is 0 Å². The number of aliphatic carboxylic acids is 1. The summed E-state index contributed by atoms with van der Waals surface area (Å²) >= 11 is 0. The molecule has 0 aromatic carbocycles. The molecule has 0 saturated heterocycles. The number of carboxylic acids is 1. The predicted molar refractivity (Wildman–Crippen MR) is 58.3 cm³/mol. The zero-order valence-corrected chi connectivity index (χ0v) is 10.2. The number of hydrogen-bond acceptors (Lipinski definition) is 4. The van der Waals surface area contributed by atoms with Gasteiger partial charge in [0.2, 0.25) is 0 Å². The fourth-order valence-electron chi connectivity index (χ4n) is 0.900. The van der Waals surface area contributed by atoms with E-state index in [0.29, 0.717) is 0 Å². The maximum absolute atomic E-state index is 11.5. The molecule has 6 heteroatoms. The number of hydrogen-bond donors (Lipinski definition) is 2. The quantitative estimate of drug-likeness (QED) is 0.690. The Kier molecular flexibility index (Phi) is 4.73. The minimum atomic E-state index is -3.19. The molecule has 5 nitrogen and oxygen atoms in total. The molecule has 0 saturated carbocycles. The fourth-order valence-corrected chi connectivity index (χ4v) is 2.11. The van der Waals surface area contributed by atoms with Gasteiger partial charge in [-0.15, -0.1) is 0 Å². The highest BCUT2D eigenvalue weighted by molar-refractivity contribution is 7.91. The summed E-state index contributed by atoms with van der Waals surface area (Å²) < 4.78 is 23.0.